The van der Waals surface area contributed by atoms with Gasteiger partial charge < -0.3 is 19.3 Å². The lowest BCUT2D eigenvalue weighted by Gasteiger charge is -2.45. The van der Waals surface area contributed by atoms with Crippen molar-refractivity contribution in [2.75, 3.05) is 26.4 Å². The molecular formula is C18H12F24O4. The maximum atomic E-state index is 13.9. The highest BCUT2D eigenvalue weighted by Crippen LogP contribution is 2.67. The minimum atomic E-state index is -9.54. The van der Waals surface area contributed by atoms with E-state index in [2.05, 4.69) is 14.2 Å². The number of aliphatic hydroxyl groups is 1. The predicted molar refractivity (Wildman–Crippen MR) is 92.9 cm³/mol. The minimum Gasteiger partial charge on any atom is -0.394 e. The Kier molecular flexibility index (Phi) is 10.9. The molecule has 0 saturated carbocycles. The van der Waals surface area contributed by atoms with Crippen LogP contribution in [0.4, 0.5) is 105 Å². The maximum Gasteiger partial charge on any atom is 0.426 e. The zero-order chi connectivity index (χ0) is 37.2. The second-order valence-corrected chi connectivity index (χ2v) is 9.01. The summed E-state index contributed by atoms with van der Waals surface area (Å²) in [6, 6.07) is 0. The first-order valence-electron chi connectivity index (χ1n) is 10.9. The van der Waals surface area contributed by atoms with Crippen LogP contribution in [-0.4, -0.2) is 116 Å². The molecular weight excluding hydrogens is 736 g/mol. The largest absolute Gasteiger partial charge is 0.426 e. The van der Waals surface area contributed by atoms with Gasteiger partial charge in [0.05, 0.1) is 26.4 Å². The van der Waals surface area contributed by atoms with Gasteiger partial charge in [0.1, 0.15) is 12.2 Å². The normalized spacial score (nSPS) is 19.6. The Morgan fingerprint density at radius 3 is 1.13 bits per heavy atom. The van der Waals surface area contributed by atoms with Gasteiger partial charge in [0.2, 0.25) is 0 Å². The third-order valence-electron chi connectivity index (χ3n) is 5.79. The summed E-state index contributed by atoms with van der Waals surface area (Å²) in [5, 5.41) is 8.83. The molecule has 0 aromatic rings. The minimum absolute atomic E-state index is 0.0827. The van der Waals surface area contributed by atoms with E-state index in [0.29, 0.717) is 0 Å². The molecule has 0 radical (unpaired) electrons. The fourth-order valence-corrected chi connectivity index (χ4v) is 2.76. The molecule has 1 heterocycles. The molecule has 1 aliphatic heterocycles. The first kappa shape index (κ1) is 42.2. The summed E-state index contributed by atoms with van der Waals surface area (Å²) < 4.78 is 335. The number of alkyl halides is 24. The highest BCUT2D eigenvalue weighted by molar-refractivity contribution is 5.19. The molecule has 276 valence electrons. The van der Waals surface area contributed by atoms with Crippen LogP contribution in [0.3, 0.4) is 0 Å². The number of aliphatic hydroxyl groups excluding tert-OH is 1. The molecule has 1 aliphatic rings. The van der Waals surface area contributed by atoms with E-state index in [0.717, 1.165) is 0 Å². The van der Waals surface area contributed by atoms with Crippen molar-refractivity contribution >= 4 is 0 Å². The maximum absolute atomic E-state index is 13.9. The Morgan fingerprint density at radius 1 is 0.543 bits per heavy atom. The summed E-state index contributed by atoms with van der Waals surface area (Å²) in [5.41, 5.74) is 0. The van der Waals surface area contributed by atoms with Gasteiger partial charge in [-0.05, 0) is 0 Å². The molecule has 0 aromatic heterocycles. The number of halogens is 24. The molecule has 0 aromatic carbocycles. The Labute approximate surface area is 236 Å². The second-order valence-electron chi connectivity index (χ2n) is 9.01. The van der Waals surface area contributed by atoms with Crippen LogP contribution in [0.25, 0.3) is 0 Å². The summed E-state index contributed by atoms with van der Waals surface area (Å²) >= 11 is 0. The van der Waals surface area contributed by atoms with E-state index in [9.17, 15) is 105 Å². The van der Waals surface area contributed by atoms with Crippen LogP contribution in [0.15, 0.2) is 0 Å². The summed E-state index contributed by atoms with van der Waals surface area (Å²) in [6.07, 6.45) is -16.7. The third-order valence-corrected chi connectivity index (χ3v) is 5.79. The Hall–Kier alpha value is -1.84. The van der Waals surface area contributed by atoms with Crippen LogP contribution < -0.4 is 0 Å². The van der Waals surface area contributed by atoms with Crippen molar-refractivity contribution in [3.63, 3.8) is 0 Å². The third kappa shape index (κ3) is 5.89. The highest BCUT2D eigenvalue weighted by Gasteiger charge is 2.99. The molecule has 1 fully saturated rings. The van der Waals surface area contributed by atoms with Crippen LogP contribution in [0.1, 0.15) is 0 Å². The number of hydrogen-bond acceptors (Lipinski definition) is 4. The monoisotopic (exact) mass is 748 g/mol. The Bertz CT molecular complexity index is 1050. The van der Waals surface area contributed by atoms with E-state index in [4.69, 9.17) is 5.11 Å². The average Bonchev–Trinajstić information content (AvgIpc) is 3.72. The Morgan fingerprint density at radius 2 is 0.848 bits per heavy atom. The summed E-state index contributed by atoms with van der Waals surface area (Å²) in [7, 11) is 0. The molecule has 1 rings (SSSR count). The molecule has 1 N–H and O–H groups in total. The molecule has 0 amide bonds. The molecule has 2 atom stereocenters. The lowest BCUT2D eigenvalue weighted by atomic mass is 9.85. The van der Waals surface area contributed by atoms with Crippen LogP contribution >= 0.6 is 0 Å². The standard InChI is InChI=1S/C18H12F24O4/c19-7(20)8(21,22)9(23,24)10(25,26)11(27,28)12(29,30)13(31,32)14(33,34)15(35,36)16(37,38)17(39,40)18(41,42)46-4-5(1-43)44-2-6-3-45-6/h5-7,43H,1-4H2. The van der Waals surface area contributed by atoms with Crippen molar-refractivity contribution in [3.8, 4) is 0 Å². The highest BCUT2D eigenvalue weighted by atomic mass is 19.4. The zero-order valence-electron chi connectivity index (χ0n) is 20.8. The van der Waals surface area contributed by atoms with Crippen molar-refractivity contribution in [3.05, 3.63) is 0 Å². The van der Waals surface area contributed by atoms with Gasteiger partial charge in [0, 0.05) is 0 Å². The molecule has 0 aliphatic carbocycles. The predicted octanol–water partition coefficient (Wildman–Crippen LogP) is 6.99. The van der Waals surface area contributed by atoms with Crippen LogP contribution in [0.2, 0.25) is 0 Å². The lowest BCUT2D eigenvalue weighted by Crippen LogP contribution is -2.78. The Balaban J connectivity index is 3.61. The molecule has 1 saturated heterocycles. The van der Waals surface area contributed by atoms with Crippen LogP contribution in [0, 0.1) is 0 Å². The molecule has 4 nitrogen and oxygen atoms in total. The van der Waals surface area contributed by atoms with E-state index in [-0.39, 0.29) is 6.61 Å². The first-order valence-corrected chi connectivity index (χ1v) is 10.9. The number of epoxide rings is 1. The van der Waals surface area contributed by atoms with E-state index < -0.39 is 104 Å². The zero-order valence-corrected chi connectivity index (χ0v) is 20.8. The van der Waals surface area contributed by atoms with Gasteiger partial charge in [0.25, 0.3) is 0 Å². The summed E-state index contributed by atoms with van der Waals surface area (Å²) in [6.45, 7) is -4.60. The van der Waals surface area contributed by atoms with Crippen LogP contribution in [0.5, 0.6) is 0 Å². The molecule has 46 heavy (non-hydrogen) atoms. The van der Waals surface area contributed by atoms with E-state index in [1.807, 2.05) is 0 Å². The van der Waals surface area contributed by atoms with Gasteiger partial charge in [-0.3, -0.25) is 0 Å². The summed E-state index contributed by atoms with van der Waals surface area (Å²) in [4.78, 5) is 0. The van der Waals surface area contributed by atoms with Crippen LogP contribution in [-0.2, 0) is 14.2 Å². The lowest BCUT2D eigenvalue weighted by molar-refractivity contribution is -0.486. The molecule has 0 bridgehead atoms. The van der Waals surface area contributed by atoms with E-state index in [1.165, 1.54) is 0 Å². The van der Waals surface area contributed by atoms with Crippen molar-refractivity contribution in [2.45, 2.75) is 84.0 Å². The number of hydrogen-bond donors (Lipinski definition) is 1. The van der Waals surface area contributed by atoms with Gasteiger partial charge in [-0.2, -0.15) is 96.6 Å². The second kappa shape index (κ2) is 11.9. The molecule has 0 spiro atoms. The van der Waals surface area contributed by atoms with Gasteiger partial charge in [-0.15, -0.1) is 0 Å². The van der Waals surface area contributed by atoms with Crippen molar-refractivity contribution < 1.29 is 125 Å². The first-order chi connectivity index (χ1) is 20.0. The number of ether oxygens (including phenoxy) is 3. The van der Waals surface area contributed by atoms with Gasteiger partial charge in [-0.1, -0.05) is 0 Å². The quantitative estimate of drug-likeness (QED) is 0.121. The molecule has 28 heteroatoms. The number of rotatable bonds is 18. The topological polar surface area (TPSA) is 51.2 Å². The fraction of sp³-hybridized carbons (Fsp3) is 1.00. The smallest absolute Gasteiger partial charge is 0.394 e. The van der Waals surface area contributed by atoms with E-state index >= 15 is 0 Å². The van der Waals surface area contributed by atoms with E-state index in [1.54, 1.807) is 0 Å². The SMILES string of the molecule is OCC(COC(F)(F)C(F)(F)C(F)(F)C(F)(F)C(F)(F)C(F)(F)C(F)(F)C(F)(F)C(F)(F)C(F)(F)C(F)(F)C(F)F)OCC1CO1. The van der Waals surface area contributed by atoms with Gasteiger partial charge in [0.15, 0.2) is 0 Å². The van der Waals surface area contributed by atoms with Gasteiger partial charge in [-0.25, -0.2) is 8.78 Å². The average molecular weight is 748 g/mol. The molecule has 2 unspecified atom stereocenters. The summed E-state index contributed by atoms with van der Waals surface area (Å²) in [5.74, 6) is -90.3. The van der Waals surface area contributed by atoms with Gasteiger partial charge >= 0.3 is 71.8 Å². The van der Waals surface area contributed by atoms with Crippen molar-refractivity contribution in [1.29, 1.82) is 0 Å². The van der Waals surface area contributed by atoms with Crippen molar-refractivity contribution in [2.24, 2.45) is 0 Å². The van der Waals surface area contributed by atoms with Crippen molar-refractivity contribution in [1.82, 2.24) is 0 Å². The fourth-order valence-electron chi connectivity index (χ4n) is 2.76.